The first-order chi connectivity index (χ1) is 8.13. The van der Waals surface area contributed by atoms with Crippen molar-refractivity contribution in [1.82, 2.24) is 0 Å². The number of nitrogens with zero attached hydrogens (tertiary/aromatic N) is 1. The van der Waals surface area contributed by atoms with Crippen LogP contribution in [0, 0.1) is 11.3 Å². The van der Waals surface area contributed by atoms with Crippen molar-refractivity contribution >= 4 is 29.3 Å². The molecular formula is C11H10N2O3S. The lowest BCUT2D eigenvalue weighted by Gasteiger charge is -2.05. The summed E-state index contributed by atoms with van der Waals surface area (Å²) in [5, 5.41) is 19.8. The number of aliphatic carboxylic acids is 1. The van der Waals surface area contributed by atoms with Gasteiger partial charge in [0.15, 0.2) is 0 Å². The fourth-order valence-electron chi connectivity index (χ4n) is 1.11. The first-order valence-corrected chi connectivity index (χ1v) is 5.87. The Morgan fingerprint density at radius 1 is 1.35 bits per heavy atom. The van der Waals surface area contributed by atoms with E-state index in [1.54, 1.807) is 24.3 Å². The molecule has 0 unspecified atom stereocenters. The summed E-state index contributed by atoms with van der Waals surface area (Å²) in [7, 11) is 0. The quantitative estimate of drug-likeness (QED) is 0.822. The summed E-state index contributed by atoms with van der Waals surface area (Å²) in [4.78, 5) is 21.7. The number of carbonyl (C=O) groups excluding carboxylic acids is 1. The maximum Gasteiger partial charge on any atom is 0.313 e. The van der Waals surface area contributed by atoms with E-state index in [0.717, 1.165) is 11.8 Å². The molecule has 0 saturated carbocycles. The van der Waals surface area contributed by atoms with Crippen LogP contribution in [0.2, 0.25) is 0 Å². The highest BCUT2D eigenvalue weighted by Gasteiger charge is 2.07. The van der Waals surface area contributed by atoms with Gasteiger partial charge < -0.3 is 10.4 Å². The van der Waals surface area contributed by atoms with E-state index in [4.69, 9.17) is 10.4 Å². The van der Waals surface area contributed by atoms with Crippen molar-refractivity contribution in [3.63, 3.8) is 0 Å². The molecule has 1 rings (SSSR count). The van der Waals surface area contributed by atoms with Crippen LogP contribution >= 0.6 is 11.8 Å². The molecule has 0 radical (unpaired) electrons. The molecule has 0 atom stereocenters. The van der Waals surface area contributed by atoms with E-state index < -0.39 is 5.97 Å². The van der Waals surface area contributed by atoms with Crippen molar-refractivity contribution in [2.24, 2.45) is 0 Å². The van der Waals surface area contributed by atoms with E-state index in [2.05, 4.69) is 5.32 Å². The van der Waals surface area contributed by atoms with Gasteiger partial charge in [0.1, 0.15) is 6.07 Å². The van der Waals surface area contributed by atoms with Crippen molar-refractivity contribution in [2.75, 3.05) is 16.8 Å². The second-order valence-corrected chi connectivity index (χ2v) is 4.08. The smallest absolute Gasteiger partial charge is 0.313 e. The maximum atomic E-state index is 11.4. The molecule has 0 spiro atoms. The second-order valence-electron chi connectivity index (χ2n) is 3.09. The monoisotopic (exact) mass is 250 g/mol. The van der Waals surface area contributed by atoms with Gasteiger partial charge in [0.25, 0.3) is 0 Å². The number of carboxylic acid groups (broad SMARTS) is 1. The van der Waals surface area contributed by atoms with Crippen LogP contribution in [0.4, 0.5) is 5.69 Å². The summed E-state index contributed by atoms with van der Waals surface area (Å²) in [5.74, 6) is -1.35. The number of hydrogen-bond acceptors (Lipinski definition) is 4. The van der Waals surface area contributed by atoms with Gasteiger partial charge in [-0.05, 0) is 12.1 Å². The van der Waals surface area contributed by atoms with Gasteiger partial charge in [-0.15, -0.1) is 11.8 Å². The molecule has 17 heavy (non-hydrogen) atoms. The summed E-state index contributed by atoms with van der Waals surface area (Å²) >= 11 is 1.01. The van der Waals surface area contributed by atoms with Gasteiger partial charge in [-0.1, -0.05) is 12.1 Å². The lowest BCUT2D eigenvalue weighted by atomic mass is 10.2. The first kappa shape index (κ1) is 13.1. The van der Waals surface area contributed by atoms with Crippen LogP contribution in [0.15, 0.2) is 24.3 Å². The van der Waals surface area contributed by atoms with Crippen molar-refractivity contribution in [2.45, 2.75) is 0 Å². The highest BCUT2D eigenvalue weighted by molar-refractivity contribution is 8.00. The molecule has 0 heterocycles. The van der Waals surface area contributed by atoms with Crippen LogP contribution < -0.4 is 5.32 Å². The van der Waals surface area contributed by atoms with E-state index in [0.29, 0.717) is 11.3 Å². The van der Waals surface area contributed by atoms with Gasteiger partial charge in [-0.3, -0.25) is 9.59 Å². The van der Waals surface area contributed by atoms with Crippen LogP contribution in [0.3, 0.4) is 0 Å². The molecule has 1 aromatic carbocycles. The number of rotatable bonds is 5. The molecule has 1 aromatic rings. The maximum absolute atomic E-state index is 11.4. The molecule has 2 N–H and O–H groups in total. The number of para-hydroxylation sites is 1. The molecule has 0 aliphatic heterocycles. The Hall–Kier alpha value is -2.00. The van der Waals surface area contributed by atoms with Crippen molar-refractivity contribution in [3.05, 3.63) is 29.8 Å². The summed E-state index contributed by atoms with van der Waals surface area (Å²) < 4.78 is 0. The van der Waals surface area contributed by atoms with Crippen molar-refractivity contribution in [3.8, 4) is 6.07 Å². The molecular weight excluding hydrogens is 240 g/mol. The number of anilines is 1. The van der Waals surface area contributed by atoms with Crippen molar-refractivity contribution < 1.29 is 14.7 Å². The molecule has 0 saturated heterocycles. The zero-order chi connectivity index (χ0) is 12.7. The van der Waals surface area contributed by atoms with Crippen LogP contribution in [-0.4, -0.2) is 28.5 Å². The van der Waals surface area contributed by atoms with E-state index in [9.17, 15) is 9.59 Å². The SMILES string of the molecule is N#Cc1ccccc1NC(=O)CSCC(=O)O. The number of nitrogens with one attached hydrogen (secondary N) is 1. The minimum absolute atomic E-state index is 0.0477. The molecule has 88 valence electrons. The number of nitriles is 1. The lowest BCUT2D eigenvalue weighted by molar-refractivity contribution is -0.133. The fraction of sp³-hybridized carbons (Fsp3) is 0.182. The molecule has 1 amide bonds. The molecule has 0 aromatic heterocycles. The molecule has 0 aliphatic carbocycles. The molecule has 0 fully saturated rings. The molecule has 5 nitrogen and oxygen atoms in total. The Bertz CT molecular complexity index is 468. The minimum atomic E-state index is -0.958. The van der Waals surface area contributed by atoms with Crippen molar-refractivity contribution in [1.29, 1.82) is 5.26 Å². The number of thioether (sulfide) groups is 1. The van der Waals surface area contributed by atoms with Gasteiger partial charge in [0.2, 0.25) is 5.91 Å². The Morgan fingerprint density at radius 3 is 2.71 bits per heavy atom. The standard InChI is InChI=1S/C11H10N2O3S/c12-5-8-3-1-2-4-9(8)13-10(14)6-17-7-11(15)16/h1-4H,6-7H2,(H,13,14)(H,15,16). The Labute approximate surface area is 102 Å². The highest BCUT2D eigenvalue weighted by Crippen LogP contribution is 2.13. The minimum Gasteiger partial charge on any atom is -0.481 e. The van der Waals surface area contributed by atoms with Crippen LogP contribution in [0.1, 0.15) is 5.56 Å². The number of benzene rings is 1. The molecule has 6 heteroatoms. The first-order valence-electron chi connectivity index (χ1n) is 4.72. The third-order valence-electron chi connectivity index (χ3n) is 1.78. The van der Waals surface area contributed by atoms with Gasteiger partial charge in [0, 0.05) is 0 Å². The summed E-state index contributed by atoms with van der Waals surface area (Å²) in [6.07, 6.45) is 0. The van der Waals surface area contributed by atoms with Gasteiger partial charge in [0.05, 0.1) is 22.8 Å². The average Bonchev–Trinajstić information content (AvgIpc) is 2.29. The highest BCUT2D eigenvalue weighted by atomic mass is 32.2. The largest absolute Gasteiger partial charge is 0.481 e. The zero-order valence-corrected chi connectivity index (χ0v) is 9.66. The van der Waals surface area contributed by atoms with E-state index in [1.165, 1.54) is 0 Å². The van der Waals surface area contributed by atoms with Gasteiger partial charge in [-0.2, -0.15) is 5.26 Å². The number of carboxylic acids is 1. The number of amides is 1. The van der Waals surface area contributed by atoms with Gasteiger partial charge >= 0.3 is 5.97 Å². The second kappa shape index (κ2) is 6.55. The summed E-state index contributed by atoms with van der Waals surface area (Å²) in [6.45, 7) is 0. The summed E-state index contributed by atoms with van der Waals surface area (Å²) in [6, 6.07) is 8.59. The fourth-order valence-corrected chi connectivity index (χ4v) is 1.64. The predicted molar refractivity (Wildman–Crippen MR) is 64.7 cm³/mol. The van der Waals surface area contributed by atoms with E-state index in [-0.39, 0.29) is 17.4 Å². The third-order valence-corrected chi connectivity index (χ3v) is 2.70. The summed E-state index contributed by atoms with van der Waals surface area (Å²) in [5.41, 5.74) is 0.819. The molecule has 0 bridgehead atoms. The average molecular weight is 250 g/mol. The Morgan fingerprint density at radius 2 is 2.06 bits per heavy atom. The van der Waals surface area contributed by atoms with Crippen LogP contribution in [0.5, 0.6) is 0 Å². The topological polar surface area (TPSA) is 90.2 Å². The van der Waals surface area contributed by atoms with Gasteiger partial charge in [-0.25, -0.2) is 0 Å². The van der Waals surface area contributed by atoms with Crippen LogP contribution in [-0.2, 0) is 9.59 Å². The predicted octanol–water partition coefficient (Wildman–Crippen LogP) is 1.31. The molecule has 0 aliphatic rings. The van der Waals surface area contributed by atoms with Crippen LogP contribution in [0.25, 0.3) is 0 Å². The Kier molecular flexibility index (Phi) is 5.04. The number of hydrogen-bond donors (Lipinski definition) is 2. The van der Waals surface area contributed by atoms with E-state index in [1.807, 2.05) is 6.07 Å². The normalized spacial score (nSPS) is 9.35. The Balaban J connectivity index is 2.51. The lowest BCUT2D eigenvalue weighted by Crippen LogP contribution is -2.16. The van der Waals surface area contributed by atoms with E-state index >= 15 is 0 Å². The third kappa shape index (κ3) is 4.57. The number of carbonyl (C=O) groups is 2. The zero-order valence-electron chi connectivity index (χ0n) is 8.84.